The highest BCUT2D eigenvalue weighted by molar-refractivity contribution is 5.74. The molecule has 0 radical (unpaired) electrons. The molecule has 4 rings (SSSR count). The highest BCUT2D eigenvalue weighted by atomic mass is 16.6. The lowest BCUT2D eigenvalue weighted by molar-refractivity contribution is -0.155. The van der Waals surface area contributed by atoms with Crippen molar-refractivity contribution >= 4 is 17.6 Å². The molecule has 42 heavy (non-hydrogen) atoms. The molecule has 0 unspecified atom stereocenters. The highest BCUT2D eigenvalue weighted by Gasteiger charge is 2.32. The van der Waals surface area contributed by atoms with Crippen LogP contribution < -0.4 is 16.0 Å². The summed E-state index contributed by atoms with van der Waals surface area (Å²) in [7, 11) is 0. The molecule has 1 saturated heterocycles. The molecule has 2 fully saturated rings. The van der Waals surface area contributed by atoms with Crippen molar-refractivity contribution in [2.24, 2.45) is 5.41 Å². The summed E-state index contributed by atoms with van der Waals surface area (Å²) < 4.78 is 16.2. The maximum atomic E-state index is 11.8. The Morgan fingerprint density at radius 1 is 1.17 bits per heavy atom. The van der Waals surface area contributed by atoms with Gasteiger partial charge in [0.2, 0.25) is 0 Å². The number of carbonyl (C=O) groups excluding carboxylic acids is 1. The summed E-state index contributed by atoms with van der Waals surface area (Å²) in [5.41, 5.74) is 2.56. The molecule has 228 valence electrons. The van der Waals surface area contributed by atoms with Crippen LogP contribution in [0.3, 0.4) is 0 Å². The van der Waals surface area contributed by atoms with Crippen molar-refractivity contribution < 1.29 is 19.0 Å². The number of anilines is 2. The fraction of sp³-hybridized carbons (Fsp3) is 0.625. The highest BCUT2D eigenvalue weighted by Crippen LogP contribution is 2.31. The molecular weight excluding hydrogens is 532 g/mol. The monoisotopic (exact) mass is 578 g/mol. The van der Waals surface area contributed by atoms with Gasteiger partial charge in [-0.1, -0.05) is 6.07 Å². The van der Waals surface area contributed by atoms with Gasteiger partial charge in [0.25, 0.3) is 0 Å². The second-order valence-corrected chi connectivity index (χ2v) is 11.6. The van der Waals surface area contributed by atoms with Crippen molar-refractivity contribution in [3.05, 3.63) is 36.0 Å². The standard InChI is InChI=1S/C32H46N6O4/c1-5-41-31(39)24(4)42-19-23(3)36-25-9-11-26(12-10-25)37-30-17-27(22(2)18-34-30)28-7-6-8-29(38-28)35-21-32(20-33)13-15-40-16-14-32/h6-8,17-18,23-26,36H,5,9-16,19,21H2,1-4H3,(H,34,37)(H,35,38)/t23-,24+,25?,26?/m0/s1. The number of ether oxygens (including phenoxy) is 3. The van der Waals surface area contributed by atoms with E-state index in [0.29, 0.717) is 45.1 Å². The quantitative estimate of drug-likeness (QED) is 0.284. The molecule has 0 amide bonds. The molecule has 3 N–H and O–H groups in total. The van der Waals surface area contributed by atoms with Crippen LogP contribution >= 0.6 is 0 Å². The molecule has 0 aromatic carbocycles. The Hall–Kier alpha value is -3.26. The maximum absolute atomic E-state index is 11.8. The predicted octanol–water partition coefficient (Wildman–Crippen LogP) is 4.85. The summed E-state index contributed by atoms with van der Waals surface area (Å²) in [6.07, 6.45) is 7.00. The Labute approximate surface area is 249 Å². The number of hydrogen-bond acceptors (Lipinski definition) is 10. The molecule has 1 aliphatic heterocycles. The zero-order valence-electron chi connectivity index (χ0n) is 25.4. The molecule has 1 saturated carbocycles. The molecule has 10 heteroatoms. The third-order valence-corrected chi connectivity index (χ3v) is 8.24. The number of nitriles is 1. The molecule has 1 aliphatic carbocycles. The van der Waals surface area contributed by atoms with Gasteiger partial charge in [0, 0.05) is 49.6 Å². The minimum atomic E-state index is -0.553. The second kappa shape index (κ2) is 15.3. The summed E-state index contributed by atoms with van der Waals surface area (Å²) in [6.45, 7) is 10.3. The average Bonchev–Trinajstić information content (AvgIpc) is 3.01. The zero-order valence-corrected chi connectivity index (χ0v) is 25.4. The molecular formula is C32H46N6O4. The number of pyridine rings is 2. The van der Waals surface area contributed by atoms with Gasteiger partial charge >= 0.3 is 5.97 Å². The molecule has 0 spiro atoms. The van der Waals surface area contributed by atoms with Crippen LogP contribution in [0.5, 0.6) is 0 Å². The second-order valence-electron chi connectivity index (χ2n) is 11.6. The van der Waals surface area contributed by atoms with Crippen LogP contribution in [0.1, 0.15) is 64.9 Å². The van der Waals surface area contributed by atoms with Gasteiger partial charge in [-0.15, -0.1) is 0 Å². The first-order valence-electron chi connectivity index (χ1n) is 15.3. The van der Waals surface area contributed by atoms with E-state index < -0.39 is 11.5 Å². The van der Waals surface area contributed by atoms with E-state index in [1.807, 2.05) is 24.4 Å². The lowest BCUT2D eigenvalue weighted by atomic mass is 9.82. The van der Waals surface area contributed by atoms with Crippen LogP contribution in [-0.4, -0.2) is 73.1 Å². The van der Waals surface area contributed by atoms with E-state index in [0.717, 1.165) is 67.0 Å². The summed E-state index contributed by atoms with van der Waals surface area (Å²) in [5.74, 6) is 1.30. The largest absolute Gasteiger partial charge is 0.464 e. The minimum absolute atomic E-state index is 0.151. The minimum Gasteiger partial charge on any atom is -0.464 e. The normalized spacial score (nSPS) is 21.5. The van der Waals surface area contributed by atoms with E-state index in [2.05, 4.69) is 46.9 Å². The van der Waals surface area contributed by atoms with Crippen molar-refractivity contribution in [1.29, 1.82) is 5.26 Å². The van der Waals surface area contributed by atoms with E-state index in [4.69, 9.17) is 19.2 Å². The van der Waals surface area contributed by atoms with Crippen molar-refractivity contribution in [3.8, 4) is 17.3 Å². The number of carbonyl (C=O) groups is 1. The number of rotatable bonds is 13. The van der Waals surface area contributed by atoms with Crippen LogP contribution in [-0.2, 0) is 19.0 Å². The molecule has 2 aromatic heterocycles. The Bertz CT molecular complexity index is 1200. The number of nitrogens with one attached hydrogen (secondary N) is 3. The molecule has 10 nitrogen and oxygen atoms in total. The first-order valence-corrected chi connectivity index (χ1v) is 15.3. The third-order valence-electron chi connectivity index (χ3n) is 8.24. The van der Waals surface area contributed by atoms with Crippen LogP contribution in [0.2, 0.25) is 0 Å². The van der Waals surface area contributed by atoms with Crippen LogP contribution in [0.25, 0.3) is 11.3 Å². The van der Waals surface area contributed by atoms with Gasteiger partial charge in [0.1, 0.15) is 11.6 Å². The fourth-order valence-corrected chi connectivity index (χ4v) is 5.59. The van der Waals surface area contributed by atoms with Gasteiger partial charge in [-0.05, 0) is 90.0 Å². The van der Waals surface area contributed by atoms with Gasteiger partial charge in [0.05, 0.1) is 30.4 Å². The summed E-state index contributed by atoms with van der Waals surface area (Å²) in [4.78, 5) is 21.3. The third kappa shape index (κ3) is 8.87. The lowest BCUT2D eigenvalue weighted by Gasteiger charge is -2.32. The average molecular weight is 579 g/mol. The van der Waals surface area contributed by atoms with Gasteiger partial charge < -0.3 is 30.2 Å². The van der Waals surface area contributed by atoms with Crippen LogP contribution in [0.15, 0.2) is 30.5 Å². The van der Waals surface area contributed by atoms with Crippen molar-refractivity contribution in [2.75, 3.05) is 43.6 Å². The lowest BCUT2D eigenvalue weighted by Crippen LogP contribution is -2.43. The van der Waals surface area contributed by atoms with Gasteiger partial charge in [-0.3, -0.25) is 0 Å². The number of nitrogens with zero attached hydrogens (tertiary/aromatic N) is 3. The number of aryl methyl sites for hydroxylation is 1. The molecule has 2 aliphatic rings. The first-order chi connectivity index (χ1) is 20.3. The Morgan fingerprint density at radius 3 is 2.62 bits per heavy atom. The number of aromatic nitrogens is 2. The zero-order chi connectivity index (χ0) is 30.0. The van der Waals surface area contributed by atoms with E-state index in [1.54, 1.807) is 13.8 Å². The first kappa shape index (κ1) is 31.7. The van der Waals surface area contributed by atoms with Crippen LogP contribution in [0, 0.1) is 23.7 Å². The Balaban J connectivity index is 1.28. The molecule has 2 aromatic rings. The summed E-state index contributed by atoms with van der Waals surface area (Å²) in [5, 5.41) is 20.5. The summed E-state index contributed by atoms with van der Waals surface area (Å²) >= 11 is 0. The summed E-state index contributed by atoms with van der Waals surface area (Å²) in [6, 6.07) is 11.5. The molecule has 2 atom stereocenters. The van der Waals surface area contributed by atoms with Crippen molar-refractivity contribution in [2.45, 2.75) is 90.4 Å². The van der Waals surface area contributed by atoms with E-state index in [-0.39, 0.29) is 12.0 Å². The van der Waals surface area contributed by atoms with Crippen LogP contribution in [0.4, 0.5) is 11.6 Å². The number of esters is 1. The molecule has 3 heterocycles. The predicted molar refractivity (Wildman–Crippen MR) is 163 cm³/mol. The number of hydrogen-bond donors (Lipinski definition) is 3. The van der Waals surface area contributed by atoms with Gasteiger partial charge in [0.15, 0.2) is 6.10 Å². The Morgan fingerprint density at radius 2 is 1.90 bits per heavy atom. The van der Waals surface area contributed by atoms with Gasteiger partial charge in [-0.2, -0.15) is 5.26 Å². The Kier molecular flexibility index (Phi) is 11.5. The van der Waals surface area contributed by atoms with Gasteiger partial charge in [-0.25, -0.2) is 14.8 Å². The SMILES string of the molecule is CCOC(=O)[C@@H](C)OC[C@H](C)NC1CCC(Nc2cc(-c3cccc(NCC4(C#N)CCOCC4)n3)c(C)cn2)CC1. The topological polar surface area (TPSA) is 130 Å². The van der Waals surface area contributed by atoms with Crippen molar-refractivity contribution in [1.82, 2.24) is 15.3 Å². The van der Waals surface area contributed by atoms with E-state index in [9.17, 15) is 10.1 Å². The van der Waals surface area contributed by atoms with E-state index in [1.165, 1.54) is 0 Å². The molecule has 0 bridgehead atoms. The fourth-order valence-electron chi connectivity index (χ4n) is 5.59. The maximum Gasteiger partial charge on any atom is 0.334 e. The van der Waals surface area contributed by atoms with Crippen molar-refractivity contribution in [3.63, 3.8) is 0 Å². The smallest absolute Gasteiger partial charge is 0.334 e. The van der Waals surface area contributed by atoms with E-state index >= 15 is 0 Å².